The number of rotatable bonds is 1. The molecule has 0 fully saturated rings. The van der Waals surface area contributed by atoms with Crippen molar-refractivity contribution in [1.29, 1.82) is 0 Å². The maximum absolute atomic E-state index is 12.6. The molecule has 2 rings (SSSR count). The first-order valence-corrected chi connectivity index (χ1v) is 4.36. The summed E-state index contributed by atoms with van der Waals surface area (Å²) in [5.41, 5.74) is -1.09. The molecule has 0 aliphatic heterocycles. The lowest BCUT2D eigenvalue weighted by Crippen LogP contribution is -2.08. The van der Waals surface area contributed by atoms with Crippen molar-refractivity contribution in [1.82, 2.24) is 19.7 Å². The van der Waals surface area contributed by atoms with Crippen LogP contribution in [0.25, 0.3) is 11.4 Å². The normalized spacial score (nSPS) is 11.8. The van der Waals surface area contributed by atoms with Gasteiger partial charge in [0.2, 0.25) is 0 Å². The largest absolute Gasteiger partial charge is 0.435 e. The minimum Gasteiger partial charge on any atom is -0.274 e. The summed E-state index contributed by atoms with van der Waals surface area (Å²) in [6.45, 7) is 0. The Morgan fingerprint density at radius 3 is 2.38 bits per heavy atom. The lowest BCUT2D eigenvalue weighted by Gasteiger charge is -2.04. The first-order valence-electron chi connectivity index (χ1n) is 4.36. The molecule has 2 heterocycles. The van der Waals surface area contributed by atoms with Crippen LogP contribution in [0.5, 0.6) is 0 Å². The minimum atomic E-state index is -4.50. The number of nitrogens with zero attached hydrogens (tertiary/aromatic N) is 4. The lowest BCUT2D eigenvalue weighted by molar-refractivity contribution is -0.141. The van der Waals surface area contributed by atoms with Crippen molar-refractivity contribution in [2.24, 2.45) is 7.05 Å². The van der Waals surface area contributed by atoms with Gasteiger partial charge in [-0.05, 0) is 6.07 Å². The third-order valence-corrected chi connectivity index (χ3v) is 1.90. The SMILES string of the molecule is Cn1cc(-c2ncccn2)c(C(F)(F)F)n1. The Morgan fingerprint density at radius 2 is 1.81 bits per heavy atom. The van der Waals surface area contributed by atoms with Crippen LogP contribution in [0.3, 0.4) is 0 Å². The summed E-state index contributed by atoms with van der Waals surface area (Å²) in [7, 11) is 1.42. The summed E-state index contributed by atoms with van der Waals surface area (Å²) < 4.78 is 38.9. The number of aryl methyl sites for hydroxylation is 1. The van der Waals surface area contributed by atoms with Crippen LogP contribution >= 0.6 is 0 Å². The molecular weight excluding hydrogens is 221 g/mol. The highest BCUT2D eigenvalue weighted by molar-refractivity contribution is 5.57. The van der Waals surface area contributed by atoms with Crippen LogP contribution in [0.15, 0.2) is 24.7 Å². The highest BCUT2D eigenvalue weighted by Crippen LogP contribution is 2.34. The van der Waals surface area contributed by atoms with Crippen LogP contribution in [0.1, 0.15) is 5.69 Å². The van der Waals surface area contributed by atoms with Gasteiger partial charge in [-0.15, -0.1) is 0 Å². The van der Waals surface area contributed by atoms with Gasteiger partial charge in [0.05, 0.1) is 5.56 Å². The molecule has 2 aromatic heterocycles. The molecule has 0 saturated carbocycles. The van der Waals surface area contributed by atoms with Crippen molar-refractivity contribution in [3.05, 3.63) is 30.4 Å². The quantitative estimate of drug-likeness (QED) is 0.748. The van der Waals surface area contributed by atoms with E-state index in [-0.39, 0.29) is 11.4 Å². The average Bonchev–Trinajstić information content (AvgIpc) is 2.61. The van der Waals surface area contributed by atoms with Crippen molar-refractivity contribution in [3.63, 3.8) is 0 Å². The van der Waals surface area contributed by atoms with Gasteiger partial charge in [-0.3, -0.25) is 4.68 Å². The minimum absolute atomic E-state index is 0.0166. The summed E-state index contributed by atoms with van der Waals surface area (Å²) in [4.78, 5) is 7.54. The van der Waals surface area contributed by atoms with Crippen molar-refractivity contribution in [3.8, 4) is 11.4 Å². The predicted octanol–water partition coefficient (Wildman–Crippen LogP) is 1.90. The van der Waals surface area contributed by atoms with E-state index in [9.17, 15) is 13.2 Å². The van der Waals surface area contributed by atoms with E-state index >= 15 is 0 Å². The molecule has 4 nitrogen and oxygen atoms in total. The molecule has 16 heavy (non-hydrogen) atoms. The van der Waals surface area contributed by atoms with E-state index < -0.39 is 11.9 Å². The summed E-state index contributed by atoms with van der Waals surface area (Å²) in [5.74, 6) is 0.0166. The Hall–Kier alpha value is -1.92. The number of halogens is 3. The summed E-state index contributed by atoms with van der Waals surface area (Å²) >= 11 is 0. The van der Waals surface area contributed by atoms with Crippen LogP contribution in [0.4, 0.5) is 13.2 Å². The Bertz CT molecular complexity index is 489. The highest BCUT2D eigenvalue weighted by Gasteiger charge is 2.37. The molecule has 0 amide bonds. The second-order valence-electron chi connectivity index (χ2n) is 3.14. The molecule has 7 heteroatoms. The van der Waals surface area contributed by atoms with E-state index in [4.69, 9.17) is 0 Å². The van der Waals surface area contributed by atoms with Gasteiger partial charge < -0.3 is 0 Å². The van der Waals surface area contributed by atoms with Crippen molar-refractivity contribution in [2.75, 3.05) is 0 Å². The molecule has 0 saturated heterocycles. The van der Waals surface area contributed by atoms with Gasteiger partial charge in [-0.2, -0.15) is 18.3 Å². The average molecular weight is 228 g/mol. The smallest absolute Gasteiger partial charge is 0.274 e. The molecule has 0 atom stereocenters. The second kappa shape index (κ2) is 3.58. The van der Waals surface area contributed by atoms with E-state index in [0.717, 1.165) is 4.68 Å². The number of aromatic nitrogens is 4. The fraction of sp³-hybridized carbons (Fsp3) is 0.222. The summed E-state index contributed by atoms with van der Waals surface area (Å²) in [6, 6.07) is 1.53. The fourth-order valence-electron chi connectivity index (χ4n) is 1.30. The summed E-state index contributed by atoms with van der Waals surface area (Å²) in [6.07, 6.45) is -0.487. The second-order valence-corrected chi connectivity index (χ2v) is 3.14. The Balaban J connectivity index is 2.58. The van der Waals surface area contributed by atoms with Gasteiger partial charge in [0, 0.05) is 25.6 Å². The molecule has 0 aliphatic rings. The maximum Gasteiger partial charge on any atom is 0.435 e. The van der Waals surface area contributed by atoms with E-state index in [1.54, 1.807) is 0 Å². The zero-order chi connectivity index (χ0) is 11.8. The van der Waals surface area contributed by atoms with Gasteiger partial charge >= 0.3 is 6.18 Å². The van der Waals surface area contributed by atoms with E-state index in [2.05, 4.69) is 15.1 Å². The van der Waals surface area contributed by atoms with E-state index in [1.807, 2.05) is 0 Å². The monoisotopic (exact) mass is 228 g/mol. The first kappa shape index (κ1) is 10.6. The van der Waals surface area contributed by atoms with Crippen molar-refractivity contribution < 1.29 is 13.2 Å². The molecule has 0 aliphatic carbocycles. The molecule has 0 radical (unpaired) electrons. The lowest BCUT2D eigenvalue weighted by atomic mass is 10.2. The number of hydrogen-bond acceptors (Lipinski definition) is 3. The van der Waals surface area contributed by atoms with Crippen LogP contribution in [-0.2, 0) is 13.2 Å². The van der Waals surface area contributed by atoms with Crippen molar-refractivity contribution in [2.45, 2.75) is 6.18 Å². The molecule has 0 bridgehead atoms. The molecule has 0 N–H and O–H groups in total. The van der Waals surface area contributed by atoms with E-state index in [0.29, 0.717) is 0 Å². The molecule has 84 valence electrons. The predicted molar refractivity (Wildman–Crippen MR) is 49.2 cm³/mol. The zero-order valence-corrected chi connectivity index (χ0v) is 8.23. The third-order valence-electron chi connectivity index (χ3n) is 1.90. The molecule has 0 unspecified atom stereocenters. The van der Waals surface area contributed by atoms with Crippen LogP contribution < -0.4 is 0 Å². The van der Waals surface area contributed by atoms with Gasteiger partial charge in [-0.25, -0.2) is 9.97 Å². The number of alkyl halides is 3. The Morgan fingerprint density at radius 1 is 1.19 bits per heavy atom. The Labute approximate surface area is 88.8 Å². The third kappa shape index (κ3) is 1.88. The molecular formula is C9H7F3N4. The van der Waals surface area contributed by atoms with Gasteiger partial charge in [0.15, 0.2) is 11.5 Å². The van der Waals surface area contributed by atoms with E-state index in [1.165, 1.54) is 31.7 Å². The van der Waals surface area contributed by atoms with Gasteiger partial charge in [-0.1, -0.05) is 0 Å². The molecule has 0 spiro atoms. The first-order chi connectivity index (χ1) is 7.48. The summed E-state index contributed by atoms with van der Waals surface area (Å²) in [5, 5.41) is 3.37. The maximum atomic E-state index is 12.6. The van der Waals surface area contributed by atoms with Gasteiger partial charge in [0.1, 0.15) is 0 Å². The highest BCUT2D eigenvalue weighted by atomic mass is 19.4. The fourth-order valence-corrected chi connectivity index (χ4v) is 1.30. The zero-order valence-electron chi connectivity index (χ0n) is 8.23. The van der Waals surface area contributed by atoms with Crippen LogP contribution in [0.2, 0.25) is 0 Å². The van der Waals surface area contributed by atoms with Crippen LogP contribution in [-0.4, -0.2) is 19.7 Å². The Kier molecular flexibility index (Phi) is 2.37. The standard InChI is InChI=1S/C9H7F3N4/c1-16-5-6(7(15-16)9(10,11)12)8-13-3-2-4-14-8/h2-5H,1H3. The van der Waals surface area contributed by atoms with Gasteiger partial charge in [0.25, 0.3) is 0 Å². The molecule has 2 aromatic rings. The topological polar surface area (TPSA) is 43.6 Å². The van der Waals surface area contributed by atoms with Crippen molar-refractivity contribution >= 4 is 0 Å². The molecule has 0 aromatic carbocycles. The number of hydrogen-bond donors (Lipinski definition) is 0. The van der Waals surface area contributed by atoms with Crippen LogP contribution in [0, 0.1) is 0 Å².